The van der Waals surface area contributed by atoms with E-state index in [-0.39, 0.29) is 5.91 Å². The average molecular weight is 398 g/mol. The summed E-state index contributed by atoms with van der Waals surface area (Å²) in [4.78, 5) is 22.1. The molecule has 0 unspecified atom stereocenters. The van der Waals surface area contributed by atoms with Gasteiger partial charge in [-0.25, -0.2) is 4.98 Å². The summed E-state index contributed by atoms with van der Waals surface area (Å²) in [7, 11) is 5.67. The molecule has 0 aliphatic carbocycles. The van der Waals surface area contributed by atoms with Crippen molar-refractivity contribution in [3.63, 3.8) is 0 Å². The monoisotopic (exact) mass is 397 g/mol. The highest BCUT2D eigenvalue weighted by atomic mass is 32.1. The Morgan fingerprint density at radius 2 is 1.89 bits per heavy atom. The van der Waals surface area contributed by atoms with Crippen molar-refractivity contribution >= 4 is 32.6 Å². The van der Waals surface area contributed by atoms with Crippen LogP contribution in [0.1, 0.15) is 27.9 Å². The van der Waals surface area contributed by atoms with Gasteiger partial charge in [-0.05, 0) is 70.2 Å². The Bertz CT molecular complexity index is 981. The first-order valence-electron chi connectivity index (χ1n) is 9.38. The predicted molar refractivity (Wildman–Crippen MR) is 117 cm³/mol. The minimum absolute atomic E-state index is 0.0790. The first kappa shape index (κ1) is 20.3. The van der Waals surface area contributed by atoms with Crippen molar-refractivity contribution in [2.24, 2.45) is 0 Å². The molecule has 0 aliphatic rings. The molecule has 1 amide bonds. The Kier molecular flexibility index (Phi) is 6.31. The van der Waals surface area contributed by atoms with Crippen LogP contribution < -0.4 is 9.64 Å². The summed E-state index contributed by atoms with van der Waals surface area (Å²) in [5.74, 6) is 0.503. The zero-order valence-electron chi connectivity index (χ0n) is 17.2. The summed E-state index contributed by atoms with van der Waals surface area (Å²) in [6.07, 6.45) is 0.863. The zero-order chi connectivity index (χ0) is 20.3. The topological polar surface area (TPSA) is 45.7 Å². The number of fused-ring (bicyclic) bond motifs is 1. The van der Waals surface area contributed by atoms with Crippen molar-refractivity contribution < 1.29 is 9.53 Å². The number of anilines is 1. The number of rotatable bonds is 7. The van der Waals surface area contributed by atoms with Gasteiger partial charge in [0.25, 0.3) is 5.91 Å². The molecule has 1 heterocycles. The van der Waals surface area contributed by atoms with E-state index in [1.807, 2.05) is 38.4 Å². The largest absolute Gasteiger partial charge is 0.496 e. The number of aromatic nitrogens is 1. The van der Waals surface area contributed by atoms with Crippen LogP contribution in [0, 0.1) is 13.8 Å². The Balaban J connectivity index is 2.01. The lowest BCUT2D eigenvalue weighted by Crippen LogP contribution is -2.33. The lowest BCUT2D eigenvalue weighted by Gasteiger charge is -2.22. The summed E-state index contributed by atoms with van der Waals surface area (Å²) in [5, 5.41) is 0.735. The van der Waals surface area contributed by atoms with Crippen LogP contribution in [0.25, 0.3) is 10.2 Å². The lowest BCUT2D eigenvalue weighted by molar-refractivity contribution is 0.0983. The standard InChI is InChI=1S/C22H27N3O2S/c1-15-13-16(2)20-18(14-15)23-22(28-20)25(12-8-11-24(3)4)21(26)17-9-6-7-10-19(17)27-5/h6-7,9-10,13-14H,8,11-12H2,1-5H3. The molecule has 3 rings (SSSR count). The number of amides is 1. The van der Waals surface area contributed by atoms with E-state index in [0.717, 1.165) is 28.3 Å². The number of methoxy groups -OCH3 is 1. The van der Waals surface area contributed by atoms with Gasteiger partial charge in [-0.1, -0.05) is 29.5 Å². The van der Waals surface area contributed by atoms with Crippen molar-refractivity contribution in [2.45, 2.75) is 20.3 Å². The molecule has 0 spiro atoms. The highest BCUT2D eigenvalue weighted by Crippen LogP contribution is 2.33. The molecule has 6 heteroatoms. The minimum atomic E-state index is -0.0790. The third-order valence-electron chi connectivity index (χ3n) is 4.61. The van der Waals surface area contributed by atoms with E-state index in [0.29, 0.717) is 17.9 Å². The maximum Gasteiger partial charge on any atom is 0.263 e. The van der Waals surface area contributed by atoms with Gasteiger partial charge in [0.1, 0.15) is 5.75 Å². The van der Waals surface area contributed by atoms with Gasteiger partial charge in [0, 0.05) is 6.54 Å². The number of benzene rings is 2. The highest BCUT2D eigenvalue weighted by Gasteiger charge is 2.24. The van der Waals surface area contributed by atoms with Crippen molar-refractivity contribution in [3.05, 3.63) is 53.1 Å². The van der Waals surface area contributed by atoms with Crippen LogP contribution in [0.3, 0.4) is 0 Å². The van der Waals surface area contributed by atoms with E-state index in [4.69, 9.17) is 9.72 Å². The Labute approximate surface area is 170 Å². The van der Waals surface area contributed by atoms with Crippen molar-refractivity contribution in [3.8, 4) is 5.75 Å². The van der Waals surface area contributed by atoms with Crippen LogP contribution in [-0.4, -0.2) is 50.1 Å². The number of hydrogen-bond donors (Lipinski definition) is 0. The summed E-state index contributed by atoms with van der Waals surface area (Å²) < 4.78 is 6.55. The number of hydrogen-bond acceptors (Lipinski definition) is 5. The fourth-order valence-corrected chi connectivity index (χ4v) is 4.32. The Morgan fingerprint density at radius 1 is 1.14 bits per heavy atom. The molecular formula is C22H27N3O2S. The van der Waals surface area contributed by atoms with Gasteiger partial charge in [0.2, 0.25) is 0 Å². The first-order valence-corrected chi connectivity index (χ1v) is 10.2. The molecule has 0 atom stereocenters. The lowest BCUT2D eigenvalue weighted by atomic mass is 10.1. The number of para-hydroxylation sites is 1. The van der Waals surface area contributed by atoms with Gasteiger partial charge in [-0.2, -0.15) is 0 Å². The van der Waals surface area contributed by atoms with E-state index < -0.39 is 0 Å². The summed E-state index contributed by atoms with van der Waals surface area (Å²) in [5.41, 5.74) is 3.87. The molecule has 28 heavy (non-hydrogen) atoms. The number of aryl methyl sites for hydroxylation is 2. The first-order chi connectivity index (χ1) is 13.4. The van der Waals surface area contributed by atoms with Crippen molar-refractivity contribution in [1.82, 2.24) is 9.88 Å². The van der Waals surface area contributed by atoms with E-state index in [1.165, 1.54) is 11.1 Å². The molecule has 5 nitrogen and oxygen atoms in total. The second-order valence-electron chi connectivity index (χ2n) is 7.24. The van der Waals surface area contributed by atoms with E-state index in [1.54, 1.807) is 23.3 Å². The molecule has 148 valence electrons. The molecule has 0 saturated heterocycles. The Hall–Kier alpha value is -2.44. The average Bonchev–Trinajstić information content (AvgIpc) is 3.08. The molecule has 2 aromatic carbocycles. The molecule has 0 bridgehead atoms. The molecule has 0 saturated carbocycles. The van der Waals surface area contributed by atoms with Crippen LogP contribution in [0.4, 0.5) is 5.13 Å². The fraction of sp³-hybridized carbons (Fsp3) is 0.364. The van der Waals surface area contributed by atoms with E-state index in [9.17, 15) is 4.79 Å². The van der Waals surface area contributed by atoms with Gasteiger partial charge in [0.05, 0.1) is 22.9 Å². The number of nitrogens with zero attached hydrogens (tertiary/aromatic N) is 3. The normalized spacial score (nSPS) is 11.2. The van der Waals surface area contributed by atoms with Gasteiger partial charge < -0.3 is 9.64 Å². The maximum atomic E-state index is 13.4. The van der Waals surface area contributed by atoms with Crippen LogP contribution in [0.5, 0.6) is 5.75 Å². The third kappa shape index (κ3) is 4.34. The van der Waals surface area contributed by atoms with Crippen molar-refractivity contribution in [2.75, 3.05) is 39.2 Å². The molecular weight excluding hydrogens is 370 g/mol. The third-order valence-corrected chi connectivity index (χ3v) is 5.84. The molecule has 0 N–H and O–H groups in total. The Morgan fingerprint density at radius 3 is 2.61 bits per heavy atom. The van der Waals surface area contributed by atoms with Gasteiger partial charge in [-0.15, -0.1) is 0 Å². The van der Waals surface area contributed by atoms with Crippen LogP contribution in [0.15, 0.2) is 36.4 Å². The second-order valence-corrected chi connectivity index (χ2v) is 8.22. The summed E-state index contributed by atoms with van der Waals surface area (Å²) >= 11 is 1.58. The molecule has 0 fully saturated rings. The minimum Gasteiger partial charge on any atom is -0.496 e. The molecule has 1 aromatic heterocycles. The number of ether oxygens (including phenoxy) is 1. The number of carbonyl (C=O) groups is 1. The van der Waals surface area contributed by atoms with E-state index >= 15 is 0 Å². The zero-order valence-corrected chi connectivity index (χ0v) is 18.0. The summed E-state index contributed by atoms with van der Waals surface area (Å²) in [6, 6.07) is 11.6. The van der Waals surface area contributed by atoms with E-state index in [2.05, 4.69) is 30.9 Å². The van der Waals surface area contributed by atoms with Crippen LogP contribution in [-0.2, 0) is 0 Å². The number of thiazole rings is 1. The van der Waals surface area contributed by atoms with Gasteiger partial charge >= 0.3 is 0 Å². The fourth-order valence-electron chi connectivity index (χ4n) is 3.28. The van der Waals surface area contributed by atoms with Gasteiger partial charge in [-0.3, -0.25) is 9.69 Å². The second kappa shape index (κ2) is 8.71. The molecule has 3 aromatic rings. The van der Waals surface area contributed by atoms with Crippen LogP contribution >= 0.6 is 11.3 Å². The highest BCUT2D eigenvalue weighted by molar-refractivity contribution is 7.22. The van der Waals surface area contributed by atoms with Crippen molar-refractivity contribution in [1.29, 1.82) is 0 Å². The molecule has 0 aliphatic heterocycles. The smallest absolute Gasteiger partial charge is 0.263 e. The maximum absolute atomic E-state index is 13.4. The predicted octanol–water partition coefficient (Wildman–Crippen LogP) is 4.52. The quantitative estimate of drug-likeness (QED) is 0.588. The summed E-state index contributed by atoms with van der Waals surface area (Å²) in [6.45, 7) is 5.67. The van der Waals surface area contributed by atoms with Crippen LogP contribution in [0.2, 0.25) is 0 Å². The SMILES string of the molecule is COc1ccccc1C(=O)N(CCCN(C)C)c1nc2cc(C)cc(C)c2s1. The van der Waals surface area contributed by atoms with Gasteiger partial charge in [0.15, 0.2) is 5.13 Å². The number of carbonyl (C=O) groups excluding carboxylic acids is 1. The molecule has 0 radical (unpaired) electrons.